The van der Waals surface area contributed by atoms with Crippen LogP contribution in [0.3, 0.4) is 0 Å². The summed E-state index contributed by atoms with van der Waals surface area (Å²) in [6, 6.07) is 0. The number of carbonyl (C=O) groups excluding carboxylic acids is 1. The first-order valence-electron chi connectivity index (χ1n) is 5.16. The van der Waals surface area contributed by atoms with E-state index in [1.807, 2.05) is 13.0 Å². The lowest BCUT2D eigenvalue weighted by molar-refractivity contribution is -0.151. The Kier molecular flexibility index (Phi) is 3.50. The molecule has 0 amide bonds. The number of carbonyl (C=O) groups is 1. The van der Waals surface area contributed by atoms with Crippen LogP contribution in [0.15, 0.2) is 24.3 Å². The maximum atomic E-state index is 11.4. The molecule has 0 saturated heterocycles. The molecular weight excluding hydrogens is 176 g/mol. The average molecular weight is 194 g/mol. The maximum absolute atomic E-state index is 11.4. The van der Waals surface area contributed by atoms with Crippen molar-refractivity contribution in [3.8, 4) is 0 Å². The Labute approximate surface area is 85.6 Å². The molecule has 1 aliphatic carbocycles. The van der Waals surface area contributed by atoms with E-state index in [9.17, 15) is 4.79 Å². The molecule has 2 heteroatoms. The third kappa shape index (κ3) is 2.47. The van der Waals surface area contributed by atoms with Gasteiger partial charge < -0.3 is 4.74 Å². The van der Waals surface area contributed by atoms with Gasteiger partial charge in [-0.3, -0.25) is 0 Å². The first kappa shape index (κ1) is 11.0. The Morgan fingerprint density at radius 3 is 2.79 bits per heavy atom. The number of hydrogen-bond donors (Lipinski definition) is 0. The summed E-state index contributed by atoms with van der Waals surface area (Å²) in [7, 11) is 0. The molecule has 78 valence electrons. The number of rotatable bonds is 3. The highest BCUT2D eigenvalue weighted by atomic mass is 16.6. The van der Waals surface area contributed by atoms with Gasteiger partial charge in [-0.25, -0.2) is 4.79 Å². The van der Waals surface area contributed by atoms with Crippen molar-refractivity contribution < 1.29 is 9.53 Å². The lowest BCUT2D eigenvalue weighted by Crippen LogP contribution is -2.34. The van der Waals surface area contributed by atoms with Gasteiger partial charge in [-0.2, -0.15) is 0 Å². The van der Waals surface area contributed by atoms with Gasteiger partial charge in [-0.1, -0.05) is 19.6 Å². The van der Waals surface area contributed by atoms with Crippen LogP contribution in [0.25, 0.3) is 0 Å². The zero-order valence-corrected chi connectivity index (χ0v) is 9.01. The maximum Gasteiger partial charge on any atom is 0.333 e. The van der Waals surface area contributed by atoms with Gasteiger partial charge in [0.15, 0.2) is 0 Å². The van der Waals surface area contributed by atoms with Crippen LogP contribution in [0, 0.1) is 0 Å². The van der Waals surface area contributed by atoms with E-state index >= 15 is 0 Å². The quantitative estimate of drug-likeness (QED) is 0.392. The SMILES string of the molecule is C=C(C)C(=O)OC1(CC)C=CCCC1. The van der Waals surface area contributed by atoms with Crippen LogP contribution in [0.4, 0.5) is 0 Å². The van der Waals surface area contributed by atoms with Gasteiger partial charge in [0, 0.05) is 5.57 Å². The second-order valence-corrected chi connectivity index (χ2v) is 3.88. The van der Waals surface area contributed by atoms with Crippen molar-refractivity contribution in [2.24, 2.45) is 0 Å². The summed E-state index contributed by atoms with van der Waals surface area (Å²) in [6.45, 7) is 7.31. The minimum absolute atomic E-state index is 0.279. The van der Waals surface area contributed by atoms with E-state index in [0.717, 1.165) is 25.7 Å². The molecule has 0 aliphatic heterocycles. The van der Waals surface area contributed by atoms with E-state index in [1.54, 1.807) is 6.92 Å². The fraction of sp³-hybridized carbons (Fsp3) is 0.583. The summed E-state index contributed by atoms with van der Waals surface area (Å²) in [4.78, 5) is 11.4. The molecule has 0 fully saturated rings. The molecule has 0 N–H and O–H groups in total. The molecule has 1 unspecified atom stereocenters. The second kappa shape index (κ2) is 4.45. The monoisotopic (exact) mass is 194 g/mol. The van der Waals surface area contributed by atoms with Crippen molar-refractivity contribution in [2.75, 3.05) is 0 Å². The summed E-state index contributed by atoms with van der Waals surface area (Å²) >= 11 is 0. The predicted molar refractivity (Wildman–Crippen MR) is 56.9 cm³/mol. The van der Waals surface area contributed by atoms with E-state index < -0.39 is 0 Å². The first-order chi connectivity index (χ1) is 6.59. The molecule has 2 nitrogen and oxygen atoms in total. The van der Waals surface area contributed by atoms with Gasteiger partial charge in [-0.05, 0) is 38.7 Å². The molecule has 1 aliphatic rings. The molecule has 0 aromatic carbocycles. The van der Waals surface area contributed by atoms with E-state index in [0.29, 0.717) is 5.57 Å². The minimum atomic E-state index is -0.367. The van der Waals surface area contributed by atoms with Gasteiger partial charge in [0.1, 0.15) is 5.60 Å². The lowest BCUT2D eigenvalue weighted by atomic mass is 9.88. The highest BCUT2D eigenvalue weighted by Gasteiger charge is 2.30. The van der Waals surface area contributed by atoms with E-state index in [1.165, 1.54) is 0 Å². The lowest BCUT2D eigenvalue weighted by Gasteiger charge is -2.31. The Balaban J connectivity index is 2.70. The molecule has 0 aromatic rings. The summed E-state index contributed by atoms with van der Waals surface area (Å²) in [5, 5.41) is 0. The smallest absolute Gasteiger partial charge is 0.333 e. The number of allylic oxidation sites excluding steroid dienone is 1. The Bertz CT molecular complexity index is 265. The fourth-order valence-electron chi connectivity index (χ4n) is 1.62. The van der Waals surface area contributed by atoms with Crippen molar-refractivity contribution in [3.05, 3.63) is 24.3 Å². The van der Waals surface area contributed by atoms with Crippen molar-refractivity contribution in [1.29, 1.82) is 0 Å². The molecule has 0 heterocycles. The zero-order valence-electron chi connectivity index (χ0n) is 9.01. The van der Waals surface area contributed by atoms with Gasteiger partial charge in [0.25, 0.3) is 0 Å². The van der Waals surface area contributed by atoms with E-state index in [-0.39, 0.29) is 11.6 Å². The number of ether oxygens (including phenoxy) is 1. The molecule has 0 saturated carbocycles. The Morgan fingerprint density at radius 1 is 1.64 bits per heavy atom. The molecule has 0 radical (unpaired) electrons. The van der Waals surface area contributed by atoms with Gasteiger partial charge in [0.05, 0.1) is 0 Å². The van der Waals surface area contributed by atoms with Crippen LogP contribution in [0.5, 0.6) is 0 Å². The highest BCUT2D eigenvalue weighted by Crippen LogP contribution is 2.29. The molecule has 0 bridgehead atoms. The standard InChI is InChI=1S/C12H18O2/c1-4-12(8-6-5-7-9-12)14-11(13)10(2)3/h6,8H,2,4-5,7,9H2,1,3H3. The first-order valence-corrected chi connectivity index (χ1v) is 5.16. The highest BCUT2D eigenvalue weighted by molar-refractivity contribution is 5.87. The third-order valence-electron chi connectivity index (χ3n) is 2.64. The molecular formula is C12H18O2. The fourth-order valence-corrected chi connectivity index (χ4v) is 1.62. The van der Waals surface area contributed by atoms with Crippen molar-refractivity contribution in [2.45, 2.75) is 45.1 Å². The van der Waals surface area contributed by atoms with Crippen LogP contribution >= 0.6 is 0 Å². The topological polar surface area (TPSA) is 26.3 Å². The van der Waals surface area contributed by atoms with Crippen molar-refractivity contribution in [3.63, 3.8) is 0 Å². The second-order valence-electron chi connectivity index (χ2n) is 3.88. The minimum Gasteiger partial charge on any atom is -0.451 e. The van der Waals surface area contributed by atoms with Crippen molar-refractivity contribution in [1.82, 2.24) is 0 Å². The van der Waals surface area contributed by atoms with Gasteiger partial charge in [0.2, 0.25) is 0 Å². The third-order valence-corrected chi connectivity index (χ3v) is 2.64. The van der Waals surface area contributed by atoms with Gasteiger partial charge >= 0.3 is 5.97 Å². The summed E-state index contributed by atoms with van der Waals surface area (Å²) in [5.41, 5.74) is 0.102. The summed E-state index contributed by atoms with van der Waals surface area (Å²) in [5.74, 6) is -0.279. The molecule has 14 heavy (non-hydrogen) atoms. The summed E-state index contributed by atoms with van der Waals surface area (Å²) < 4.78 is 5.46. The molecule has 0 aromatic heterocycles. The van der Waals surface area contributed by atoms with Crippen molar-refractivity contribution >= 4 is 5.97 Å². The average Bonchev–Trinajstić information content (AvgIpc) is 2.19. The van der Waals surface area contributed by atoms with Crippen LogP contribution < -0.4 is 0 Å². The zero-order chi connectivity index (χ0) is 10.6. The Morgan fingerprint density at radius 2 is 2.36 bits per heavy atom. The molecule has 1 rings (SSSR count). The van der Waals surface area contributed by atoms with E-state index in [4.69, 9.17) is 4.74 Å². The normalized spacial score (nSPS) is 25.9. The van der Waals surface area contributed by atoms with Crippen LogP contribution in [-0.4, -0.2) is 11.6 Å². The van der Waals surface area contributed by atoms with E-state index in [2.05, 4.69) is 12.7 Å². The molecule has 0 spiro atoms. The molecule has 1 atom stereocenters. The number of esters is 1. The largest absolute Gasteiger partial charge is 0.451 e. The van der Waals surface area contributed by atoms with Crippen LogP contribution in [0.2, 0.25) is 0 Å². The van der Waals surface area contributed by atoms with Crippen LogP contribution in [0.1, 0.15) is 39.5 Å². The van der Waals surface area contributed by atoms with Crippen LogP contribution in [-0.2, 0) is 9.53 Å². The predicted octanol–water partition coefficient (Wildman–Crippen LogP) is 2.99. The Hall–Kier alpha value is -1.05. The van der Waals surface area contributed by atoms with Gasteiger partial charge in [-0.15, -0.1) is 0 Å². The summed E-state index contributed by atoms with van der Waals surface area (Å²) in [6.07, 6.45) is 8.07. The number of hydrogen-bond acceptors (Lipinski definition) is 2.